The van der Waals surface area contributed by atoms with E-state index in [2.05, 4.69) is 5.32 Å². The van der Waals surface area contributed by atoms with Crippen LogP contribution < -0.4 is 10.2 Å². The largest absolute Gasteiger partial charge is 0.478 e. The van der Waals surface area contributed by atoms with E-state index in [1.165, 1.54) is 6.07 Å². The monoisotopic (exact) mass is 386 g/mol. The minimum absolute atomic E-state index is 0.120. The lowest BCUT2D eigenvalue weighted by atomic mass is 10.0. The minimum atomic E-state index is -1.02. The van der Waals surface area contributed by atoms with Gasteiger partial charge in [-0.05, 0) is 48.7 Å². The van der Waals surface area contributed by atoms with Crippen molar-refractivity contribution in [3.05, 3.63) is 64.7 Å². The number of aryl methyl sites for hydroxylation is 1. The van der Waals surface area contributed by atoms with Crippen LogP contribution in [0.5, 0.6) is 0 Å². The zero-order chi connectivity index (χ0) is 19.4. The molecule has 1 heterocycles. The van der Waals surface area contributed by atoms with E-state index in [0.29, 0.717) is 30.0 Å². The van der Waals surface area contributed by atoms with Crippen molar-refractivity contribution in [3.63, 3.8) is 0 Å². The molecule has 2 N–H and O–H groups in total. The van der Waals surface area contributed by atoms with Gasteiger partial charge in [-0.2, -0.15) is 0 Å². The number of hydrogen-bond donors (Lipinski definition) is 2. The predicted octanol–water partition coefficient (Wildman–Crippen LogP) is 2.89. The Bertz CT molecular complexity index is 867. The fourth-order valence-electron chi connectivity index (χ4n) is 3.15. The molecule has 1 aliphatic heterocycles. The summed E-state index contributed by atoms with van der Waals surface area (Å²) >= 11 is 5.87. The van der Waals surface area contributed by atoms with Gasteiger partial charge in [0.2, 0.25) is 11.8 Å². The van der Waals surface area contributed by atoms with Crippen molar-refractivity contribution in [1.29, 1.82) is 0 Å². The van der Waals surface area contributed by atoms with Crippen LogP contribution in [0.4, 0.5) is 5.69 Å². The molecule has 1 fully saturated rings. The average Bonchev–Trinajstić information content (AvgIpc) is 3.01. The zero-order valence-corrected chi connectivity index (χ0v) is 15.3. The van der Waals surface area contributed by atoms with Gasteiger partial charge in [0, 0.05) is 23.7 Å². The Balaban J connectivity index is 1.57. The molecule has 3 rings (SSSR count). The highest BCUT2D eigenvalue weighted by atomic mass is 35.5. The van der Waals surface area contributed by atoms with Gasteiger partial charge in [0.25, 0.3) is 0 Å². The van der Waals surface area contributed by atoms with E-state index in [0.717, 1.165) is 5.69 Å². The number of rotatable bonds is 6. The Kier molecular flexibility index (Phi) is 5.76. The summed E-state index contributed by atoms with van der Waals surface area (Å²) in [4.78, 5) is 37.6. The maximum absolute atomic E-state index is 12.5. The van der Waals surface area contributed by atoms with Gasteiger partial charge in [0.15, 0.2) is 0 Å². The van der Waals surface area contributed by atoms with Gasteiger partial charge in [-0.25, -0.2) is 4.79 Å². The van der Waals surface area contributed by atoms with Gasteiger partial charge in [0.1, 0.15) is 6.04 Å². The van der Waals surface area contributed by atoms with Crippen molar-refractivity contribution in [3.8, 4) is 0 Å². The first-order chi connectivity index (χ1) is 13.0. The van der Waals surface area contributed by atoms with Crippen LogP contribution in [0.15, 0.2) is 48.5 Å². The summed E-state index contributed by atoms with van der Waals surface area (Å²) in [5, 5.41) is 12.5. The highest BCUT2D eigenvalue weighted by molar-refractivity contribution is 6.30. The Morgan fingerprint density at radius 3 is 2.56 bits per heavy atom. The molecule has 1 atom stereocenters. The zero-order valence-electron chi connectivity index (χ0n) is 14.5. The third kappa shape index (κ3) is 4.46. The van der Waals surface area contributed by atoms with E-state index in [1.54, 1.807) is 47.4 Å². The number of carboxylic acid groups (broad SMARTS) is 1. The highest BCUT2D eigenvalue weighted by Crippen LogP contribution is 2.23. The number of carbonyl (C=O) groups excluding carboxylic acids is 2. The minimum Gasteiger partial charge on any atom is -0.478 e. The molecule has 2 aromatic rings. The van der Waals surface area contributed by atoms with Gasteiger partial charge in [-0.3, -0.25) is 9.59 Å². The van der Waals surface area contributed by atoms with Gasteiger partial charge in [-0.15, -0.1) is 0 Å². The Hall–Kier alpha value is -2.86. The number of nitrogens with one attached hydrogen (secondary N) is 1. The molecule has 6 nitrogen and oxygen atoms in total. The van der Waals surface area contributed by atoms with Gasteiger partial charge in [0.05, 0.1) is 5.56 Å². The smallest absolute Gasteiger partial charge is 0.335 e. The van der Waals surface area contributed by atoms with E-state index in [1.807, 2.05) is 0 Å². The number of carbonyl (C=O) groups is 3. The summed E-state index contributed by atoms with van der Waals surface area (Å²) in [6, 6.07) is 13.0. The first-order valence-electron chi connectivity index (χ1n) is 8.63. The molecule has 2 aromatic carbocycles. The van der Waals surface area contributed by atoms with E-state index < -0.39 is 12.0 Å². The number of benzene rings is 2. The van der Waals surface area contributed by atoms with Gasteiger partial charge < -0.3 is 15.3 Å². The molecule has 0 radical (unpaired) electrons. The predicted molar refractivity (Wildman–Crippen MR) is 102 cm³/mol. The number of carboxylic acids is 1. The number of nitrogens with zero attached hydrogens (tertiary/aromatic N) is 1. The first kappa shape index (κ1) is 18.9. The third-order valence-corrected chi connectivity index (χ3v) is 4.80. The SMILES string of the molecule is O=C(CCc1ccccc1C(=O)O)NC1CCN(c2ccc(Cl)cc2)C1=O. The summed E-state index contributed by atoms with van der Waals surface area (Å²) < 4.78 is 0. The molecule has 7 heteroatoms. The number of anilines is 1. The summed E-state index contributed by atoms with van der Waals surface area (Å²) in [5.74, 6) is -1.45. The van der Waals surface area contributed by atoms with Gasteiger partial charge in [-0.1, -0.05) is 29.8 Å². The van der Waals surface area contributed by atoms with Crippen LogP contribution in [-0.4, -0.2) is 35.5 Å². The molecular weight excluding hydrogens is 368 g/mol. The average molecular weight is 387 g/mol. The van der Waals surface area contributed by atoms with Crippen LogP contribution in [0.25, 0.3) is 0 Å². The fraction of sp³-hybridized carbons (Fsp3) is 0.250. The van der Waals surface area contributed by atoms with Crippen LogP contribution in [0.3, 0.4) is 0 Å². The number of aromatic carboxylic acids is 1. The summed E-state index contributed by atoms with van der Waals surface area (Å²) in [6.07, 6.45) is 0.948. The number of hydrogen-bond acceptors (Lipinski definition) is 3. The van der Waals surface area contributed by atoms with Crippen molar-refractivity contribution in [1.82, 2.24) is 5.32 Å². The van der Waals surface area contributed by atoms with E-state index >= 15 is 0 Å². The second-order valence-electron chi connectivity index (χ2n) is 6.34. The van der Waals surface area contributed by atoms with Crippen molar-refractivity contribution in [2.75, 3.05) is 11.4 Å². The quantitative estimate of drug-likeness (QED) is 0.799. The maximum Gasteiger partial charge on any atom is 0.335 e. The van der Waals surface area contributed by atoms with Crippen molar-refractivity contribution < 1.29 is 19.5 Å². The maximum atomic E-state index is 12.5. The standard InChI is InChI=1S/C20H19ClN2O4/c21-14-6-8-15(9-7-14)23-12-11-17(19(23)25)22-18(24)10-5-13-3-1-2-4-16(13)20(26)27/h1-4,6-9,17H,5,10-12H2,(H,22,24)(H,26,27). The van der Waals surface area contributed by atoms with E-state index in [9.17, 15) is 19.5 Å². The summed E-state index contributed by atoms with van der Waals surface area (Å²) in [5.41, 5.74) is 1.54. The van der Waals surface area contributed by atoms with E-state index in [4.69, 9.17) is 11.6 Å². The molecule has 0 aliphatic carbocycles. The molecule has 2 amide bonds. The molecular formula is C20H19ClN2O4. The third-order valence-electron chi connectivity index (χ3n) is 4.55. The van der Waals surface area contributed by atoms with Crippen molar-refractivity contribution in [2.45, 2.75) is 25.3 Å². The Labute approximate surface area is 161 Å². The van der Waals surface area contributed by atoms with Crippen LogP contribution in [0.1, 0.15) is 28.8 Å². The number of amides is 2. The second kappa shape index (κ2) is 8.22. The lowest BCUT2D eigenvalue weighted by molar-refractivity contribution is -0.126. The summed E-state index contributed by atoms with van der Waals surface area (Å²) in [7, 11) is 0. The van der Waals surface area contributed by atoms with Crippen LogP contribution >= 0.6 is 11.6 Å². The highest BCUT2D eigenvalue weighted by Gasteiger charge is 2.33. The van der Waals surface area contributed by atoms with Crippen molar-refractivity contribution in [2.24, 2.45) is 0 Å². The first-order valence-corrected chi connectivity index (χ1v) is 9.01. The Morgan fingerprint density at radius 1 is 1.15 bits per heavy atom. The lowest BCUT2D eigenvalue weighted by Crippen LogP contribution is -2.41. The molecule has 0 bridgehead atoms. The van der Waals surface area contributed by atoms with Crippen molar-refractivity contribution >= 4 is 35.1 Å². The molecule has 140 valence electrons. The fourth-order valence-corrected chi connectivity index (χ4v) is 3.28. The molecule has 1 aliphatic rings. The van der Waals surface area contributed by atoms with Crippen LogP contribution in [0.2, 0.25) is 5.02 Å². The second-order valence-corrected chi connectivity index (χ2v) is 6.77. The number of halogens is 1. The molecule has 1 saturated heterocycles. The molecule has 1 unspecified atom stereocenters. The van der Waals surface area contributed by atoms with E-state index in [-0.39, 0.29) is 23.8 Å². The lowest BCUT2D eigenvalue weighted by Gasteiger charge is -2.17. The normalized spacial score (nSPS) is 16.4. The molecule has 27 heavy (non-hydrogen) atoms. The van der Waals surface area contributed by atoms with Crippen LogP contribution in [0, 0.1) is 0 Å². The van der Waals surface area contributed by atoms with Crippen LogP contribution in [-0.2, 0) is 16.0 Å². The summed E-state index contributed by atoms with van der Waals surface area (Å²) in [6.45, 7) is 0.521. The molecule has 0 aromatic heterocycles. The topological polar surface area (TPSA) is 86.7 Å². The molecule has 0 spiro atoms. The van der Waals surface area contributed by atoms with Gasteiger partial charge >= 0.3 is 5.97 Å². The Morgan fingerprint density at radius 2 is 1.85 bits per heavy atom. The molecule has 0 saturated carbocycles.